The number of rotatable bonds is 9. The first kappa shape index (κ1) is 22.7. The van der Waals surface area contributed by atoms with Crippen LogP contribution >= 0.6 is 23.4 Å². The maximum Gasteiger partial charge on any atom is 0.234 e. The second-order valence-electron chi connectivity index (χ2n) is 6.52. The van der Waals surface area contributed by atoms with Crippen LogP contribution in [0.4, 0.5) is 5.69 Å². The van der Waals surface area contributed by atoms with E-state index in [2.05, 4.69) is 22.1 Å². The summed E-state index contributed by atoms with van der Waals surface area (Å²) in [5, 5.41) is 12.7. The van der Waals surface area contributed by atoms with Gasteiger partial charge in [0, 0.05) is 22.8 Å². The van der Waals surface area contributed by atoms with E-state index in [-0.39, 0.29) is 11.7 Å². The highest BCUT2D eigenvalue weighted by Crippen LogP contribution is 2.33. The molecule has 0 bridgehead atoms. The first-order valence-electron chi connectivity index (χ1n) is 9.42. The van der Waals surface area contributed by atoms with Gasteiger partial charge in [-0.25, -0.2) is 0 Å². The first-order chi connectivity index (χ1) is 15.0. The standard InChI is InChI=1S/C22H23ClN4O3S/c1-5-11-27-21(15-9-10-18(29-3)19(12-15)30-4)25-26-22(27)31-13-20(28)24-17-8-6-7-16(23)14(17)2/h5-10,12H,1,11,13H2,2-4H3,(H,24,28). The van der Waals surface area contributed by atoms with Gasteiger partial charge in [0.25, 0.3) is 0 Å². The minimum absolute atomic E-state index is 0.156. The smallest absolute Gasteiger partial charge is 0.234 e. The third-order valence-electron chi connectivity index (χ3n) is 4.54. The molecular formula is C22H23ClN4O3S. The molecule has 9 heteroatoms. The van der Waals surface area contributed by atoms with Crippen molar-refractivity contribution in [1.82, 2.24) is 14.8 Å². The number of hydrogen-bond acceptors (Lipinski definition) is 6. The van der Waals surface area contributed by atoms with E-state index in [9.17, 15) is 4.79 Å². The Labute approximate surface area is 190 Å². The average Bonchev–Trinajstić information content (AvgIpc) is 3.17. The van der Waals surface area contributed by atoms with E-state index in [1.54, 1.807) is 32.4 Å². The molecule has 0 aliphatic heterocycles. The number of halogens is 1. The zero-order valence-electron chi connectivity index (χ0n) is 17.5. The zero-order chi connectivity index (χ0) is 22.4. The fourth-order valence-corrected chi connectivity index (χ4v) is 3.86. The molecule has 2 aromatic carbocycles. The van der Waals surface area contributed by atoms with Gasteiger partial charge < -0.3 is 14.8 Å². The molecule has 0 unspecified atom stereocenters. The highest BCUT2D eigenvalue weighted by atomic mass is 35.5. The Morgan fingerprint density at radius 2 is 2.00 bits per heavy atom. The van der Waals surface area contributed by atoms with E-state index in [0.29, 0.717) is 39.7 Å². The molecule has 0 aliphatic rings. The van der Waals surface area contributed by atoms with Crippen LogP contribution in [0.1, 0.15) is 5.56 Å². The number of hydrogen-bond donors (Lipinski definition) is 1. The number of thioether (sulfide) groups is 1. The van der Waals surface area contributed by atoms with Crippen LogP contribution in [0.25, 0.3) is 11.4 Å². The molecule has 0 atom stereocenters. The fraction of sp³-hybridized carbons (Fsp3) is 0.227. The average molecular weight is 459 g/mol. The highest BCUT2D eigenvalue weighted by Gasteiger charge is 2.17. The third-order valence-corrected chi connectivity index (χ3v) is 5.92. The van der Waals surface area contributed by atoms with Crippen LogP contribution in [0.15, 0.2) is 54.2 Å². The van der Waals surface area contributed by atoms with Crippen molar-refractivity contribution in [3.63, 3.8) is 0 Å². The number of allylic oxidation sites excluding steroid dienone is 1. The summed E-state index contributed by atoms with van der Waals surface area (Å²) in [6, 6.07) is 10.9. The molecule has 3 rings (SSSR count). The summed E-state index contributed by atoms with van der Waals surface area (Å²) in [7, 11) is 3.17. The molecule has 1 heterocycles. The van der Waals surface area contributed by atoms with Crippen molar-refractivity contribution in [1.29, 1.82) is 0 Å². The van der Waals surface area contributed by atoms with Gasteiger partial charge in [-0.3, -0.25) is 9.36 Å². The Bertz CT molecular complexity index is 1100. The lowest BCUT2D eigenvalue weighted by atomic mass is 10.2. The predicted molar refractivity (Wildman–Crippen MR) is 124 cm³/mol. The van der Waals surface area contributed by atoms with Gasteiger partial charge >= 0.3 is 0 Å². The fourth-order valence-electron chi connectivity index (χ4n) is 2.94. The quantitative estimate of drug-likeness (QED) is 0.365. The lowest BCUT2D eigenvalue weighted by Gasteiger charge is -2.11. The summed E-state index contributed by atoms with van der Waals surface area (Å²) < 4.78 is 12.6. The van der Waals surface area contributed by atoms with Crippen LogP contribution in [-0.2, 0) is 11.3 Å². The number of carbonyl (C=O) groups is 1. The summed E-state index contributed by atoms with van der Waals surface area (Å²) in [5.74, 6) is 1.89. The first-order valence-corrected chi connectivity index (χ1v) is 10.8. The van der Waals surface area contributed by atoms with E-state index in [4.69, 9.17) is 21.1 Å². The molecule has 3 aromatic rings. The molecule has 1 N–H and O–H groups in total. The molecule has 0 radical (unpaired) electrons. The summed E-state index contributed by atoms with van der Waals surface area (Å²) >= 11 is 7.42. The molecule has 0 spiro atoms. The van der Waals surface area contributed by atoms with Crippen LogP contribution in [0.3, 0.4) is 0 Å². The van der Waals surface area contributed by atoms with Gasteiger partial charge in [0.2, 0.25) is 5.91 Å². The van der Waals surface area contributed by atoms with Crippen LogP contribution in [-0.4, -0.2) is 40.6 Å². The van der Waals surface area contributed by atoms with Crippen molar-refractivity contribution in [2.24, 2.45) is 0 Å². The number of anilines is 1. The monoisotopic (exact) mass is 458 g/mol. The van der Waals surface area contributed by atoms with Crippen molar-refractivity contribution < 1.29 is 14.3 Å². The Balaban J connectivity index is 1.78. The highest BCUT2D eigenvalue weighted by molar-refractivity contribution is 7.99. The lowest BCUT2D eigenvalue weighted by Crippen LogP contribution is -2.15. The molecule has 0 saturated carbocycles. The van der Waals surface area contributed by atoms with Crippen LogP contribution in [0.5, 0.6) is 11.5 Å². The van der Waals surface area contributed by atoms with E-state index < -0.39 is 0 Å². The maximum atomic E-state index is 12.5. The normalized spacial score (nSPS) is 10.6. The number of nitrogens with one attached hydrogen (secondary N) is 1. The van der Waals surface area contributed by atoms with Crippen molar-refractivity contribution in [3.05, 3.63) is 59.6 Å². The summed E-state index contributed by atoms with van der Waals surface area (Å²) in [5.41, 5.74) is 2.34. The molecule has 31 heavy (non-hydrogen) atoms. The number of benzene rings is 2. The summed E-state index contributed by atoms with van der Waals surface area (Å²) in [6.07, 6.45) is 1.76. The van der Waals surface area contributed by atoms with Crippen molar-refractivity contribution in [2.75, 3.05) is 25.3 Å². The van der Waals surface area contributed by atoms with Gasteiger partial charge in [0.05, 0.1) is 20.0 Å². The molecular weight excluding hydrogens is 436 g/mol. The minimum atomic E-state index is -0.156. The molecule has 7 nitrogen and oxygen atoms in total. The molecule has 1 aromatic heterocycles. The Kier molecular flexibility index (Phi) is 7.59. The SMILES string of the molecule is C=CCn1c(SCC(=O)Nc2cccc(Cl)c2C)nnc1-c1ccc(OC)c(OC)c1. The number of ether oxygens (including phenoxy) is 2. The number of amides is 1. The largest absolute Gasteiger partial charge is 0.493 e. The number of aromatic nitrogens is 3. The van der Waals surface area contributed by atoms with Crippen LogP contribution < -0.4 is 14.8 Å². The van der Waals surface area contributed by atoms with Gasteiger partial charge in [-0.05, 0) is 42.8 Å². The summed E-state index contributed by atoms with van der Waals surface area (Å²) in [4.78, 5) is 12.5. The van der Waals surface area contributed by atoms with Crippen LogP contribution in [0.2, 0.25) is 5.02 Å². The maximum absolute atomic E-state index is 12.5. The second-order valence-corrected chi connectivity index (χ2v) is 7.87. The van der Waals surface area contributed by atoms with Gasteiger partial charge in [0.15, 0.2) is 22.5 Å². The number of carbonyl (C=O) groups excluding carboxylic acids is 1. The molecule has 0 aliphatic carbocycles. The topological polar surface area (TPSA) is 78.3 Å². The molecule has 0 saturated heterocycles. The Morgan fingerprint density at radius 1 is 1.23 bits per heavy atom. The molecule has 162 valence electrons. The van der Waals surface area contributed by atoms with E-state index >= 15 is 0 Å². The third kappa shape index (κ3) is 5.21. The minimum Gasteiger partial charge on any atom is -0.493 e. The zero-order valence-corrected chi connectivity index (χ0v) is 19.1. The van der Waals surface area contributed by atoms with Crippen LogP contribution in [0, 0.1) is 6.92 Å². The van der Waals surface area contributed by atoms with Crippen molar-refractivity contribution in [2.45, 2.75) is 18.6 Å². The summed E-state index contributed by atoms with van der Waals surface area (Å²) in [6.45, 7) is 6.18. The van der Waals surface area contributed by atoms with E-state index in [0.717, 1.165) is 11.1 Å². The van der Waals surface area contributed by atoms with E-state index in [1.807, 2.05) is 35.8 Å². The number of nitrogens with zero attached hydrogens (tertiary/aromatic N) is 3. The van der Waals surface area contributed by atoms with Gasteiger partial charge in [-0.2, -0.15) is 0 Å². The Morgan fingerprint density at radius 3 is 2.71 bits per heavy atom. The van der Waals surface area contributed by atoms with Gasteiger partial charge in [-0.1, -0.05) is 35.5 Å². The molecule has 1 amide bonds. The lowest BCUT2D eigenvalue weighted by molar-refractivity contribution is -0.113. The van der Waals surface area contributed by atoms with Gasteiger partial charge in [0.1, 0.15) is 0 Å². The van der Waals surface area contributed by atoms with Gasteiger partial charge in [-0.15, -0.1) is 16.8 Å². The Hall–Kier alpha value is -2.97. The van der Waals surface area contributed by atoms with Crippen molar-refractivity contribution in [3.8, 4) is 22.9 Å². The van der Waals surface area contributed by atoms with Crippen molar-refractivity contribution >= 4 is 35.0 Å². The number of methoxy groups -OCH3 is 2. The molecule has 0 fully saturated rings. The second kappa shape index (κ2) is 10.4. The van der Waals surface area contributed by atoms with E-state index in [1.165, 1.54) is 11.8 Å². The predicted octanol–water partition coefficient (Wildman–Crippen LogP) is 4.84.